The maximum atomic E-state index is 12.9. The normalized spacial score (nSPS) is 12.3. The van der Waals surface area contributed by atoms with Gasteiger partial charge in [-0.15, -0.1) is 0 Å². The molecule has 0 bridgehead atoms. The average molecular weight is 360 g/mol. The predicted octanol–water partition coefficient (Wildman–Crippen LogP) is 3.06. The Balaban J connectivity index is 1.55. The molecule has 0 aliphatic heterocycles. The van der Waals surface area contributed by atoms with E-state index in [-0.39, 0.29) is 11.9 Å². The Kier molecular flexibility index (Phi) is 4.19. The average Bonchev–Trinajstić information content (AvgIpc) is 3.36. The van der Waals surface area contributed by atoms with Gasteiger partial charge < -0.3 is 9.30 Å². The van der Waals surface area contributed by atoms with Gasteiger partial charge in [0.05, 0.1) is 11.7 Å². The van der Waals surface area contributed by atoms with Crippen molar-refractivity contribution >= 4 is 11.6 Å². The molecule has 1 atom stereocenters. The zero-order chi connectivity index (χ0) is 19.0. The van der Waals surface area contributed by atoms with Gasteiger partial charge in [0.15, 0.2) is 0 Å². The molecule has 4 aromatic rings. The van der Waals surface area contributed by atoms with Gasteiger partial charge in [-0.25, -0.2) is 14.6 Å². The minimum atomic E-state index is -0.107. The molecule has 136 valence electrons. The van der Waals surface area contributed by atoms with E-state index in [1.807, 2.05) is 60.8 Å². The molecule has 1 amide bonds. The van der Waals surface area contributed by atoms with Crippen LogP contribution in [0.15, 0.2) is 61.4 Å². The van der Waals surface area contributed by atoms with Crippen LogP contribution in [-0.2, 0) is 0 Å². The fourth-order valence-electron chi connectivity index (χ4n) is 3.01. The summed E-state index contributed by atoms with van der Waals surface area (Å²) in [7, 11) is 1.80. The lowest BCUT2D eigenvalue weighted by molar-refractivity contribution is 0.0737. The Morgan fingerprint density at radius 2 is 1.96 bits per heavy atom. The molecule has 0 saturated carbocycles. The highest BCUT2D eigenvalue weighted by atomic mass is 16.2. The zero-order valence-electron chi connectivity index (χ0n) is 15.4. The van der Waals surface area contributed by atoms with E-state index in [0.717, 1.165) is 22.5 Å². The summed E-state index contributed by atoms with van der Waals surface area (Å²) in [6, 6.07) is 11.8. The van der Waals surface area contributed by atoms with Crippen molar-refractivity contribution < 1.29 is 4.79 Å². The largest absolute Gasteiger partial charge is 0.334 e. The van der Waals surface area contributed by atoms with Crippen molar-refractivity contribution in [2.24, 2.45) is 0 Å². The number of rotatable bonds is 4. The number of amides is 1. The van der Waals surface area contributed by atoms with Crippen LogP contribution in [0.1, 0.15) is 34.6 Å². The number of imidazole rings is 1. The van der Waals surface area contributed by atoms with Crippen molar-refractivity contribution in [1.82, 2.24) is 29.0 Å². The minimum absolute atomic E-state index is 0.0890. The van der Waals surface area contributed by atoms with Crippen molar-refractivity contribution in [1.29, 1.82) is 0 Å². The molecular weight excluding hydrogens is 340 g/mol. The lowest BCUT2D eigenvalue weighted by Crippen LogP contribution is -2.29. The Morgan fingerprint density at radius 3 is 2.67 bits per heavy atom. The Bertz CT molecular complexity index is 1080. The van der Waals surface area contributed by atoms with Crippen molar-refractivity contribution in [2.45, 2.75) is 19.9 Å². The number of aromatic nitrogens is 5. The second kappa shape index (κ2) is 6.68. The summed E-state index contributed by atoms with van der Waals surface area (Å²) in [4.78, 5) is 23.0. The number of fused-ring (bicyclic) bond motifs is 1. The molecule has 3 aromatic heterocycles. The lowest BCUT2D eigenvalue weighted by atomic mass is 10.1. The van der Waals surface area contributed by atoms with Crippen molar-refractivity contribution in [2.75, 3.05) is 7.05 Å². The number of hydrogen-bond donors (Lipinski definition) is 0. The third kappa shape index (κ3) is 3.19. The molecule has 0 fully saturated rings. The van der Waals surface area contributed by atoms with Gasteiger partial charge in [0.1, 0.15) is 24.0 Å². The van der Waals surface area contributed by atoms with Crippen LogP contribution in [0, 0.1) is 6.92 Å². The molecule has 27 heavy (non-hydrogen) atoms. The zero-order valence-corrected chi connectivity index (χ0v) is 15.4. The van der Waals surface area contributed by atoms with Crippen LogP contribution in [0.2, 0.25) is 0 Å². The number of hydrogen-bond acceptors (Lipinski definition) is 4. The quantitative estimate of drug-likeness (QED) is 0.561. The van der Waals surface area contributed by atoms with E-state index in [4.69, 9.17) is 0 Å². The SMILES string of the molecule is Cc1ccn2cc(C(=O)N(C)[C@H](C)c3ccc(-n4cncn4)cc3)nc2c1. The van der Waals surface area contributed by atoms with Gasteiger partial charge in [-0.1, -0.05) is 12.1 Å². The van der Waals surface area contributed by atoms with E-state index in [1.54, 1.807) is 29.2 Å². The van der Waals surface area contributed by atoms with Crippen molar-refractivity contribution in [3.63, 3.8) is 0 Å². The summed E-state index contributed by atoms with van der Waals surface area (Å²) >= 11 is 0. The molecule has 0 unspecified atom stereocenters. The van der Waals surface area contributed by atoms with Crippen LogP contribution in [0.4, 0.5) is 0 Å². The summed E-state index contributed by atoms with van der Waals surface area (Å²) in [5, 5.41) is 4.12. The van der Waals surface area contributed by atoms with E-state index in [2.05, 4.69) is 15.1 Å². The van der Waals surface area contributed by atoms with Gasteiger partial charge in [-0.3, -0.25) is 4.79 Å². The summed E-state index contributed by atoms with van der Waals surface area (Å²) < 4.78 is 3.56. The fourth-order valence-corrected chi connectivity index (χ4v) is 3.01. The smallest absolute Gasteiger partial charge is 0.274 e. The second-order valence-corrected chi connectivity index (χ2v) is 6.62. The summed E-state index contributed by atoms with van der Waals surface area (Å²) in [5.74, 6) is -0.107. The van der Waals surface area contributed by atoms with Gasteiger partial charge in [-0.05, 0) is 49.2 Å². The van der Waals surface area contributed by atoms with Gasteiger partial charge in [-0.2, -0.15) is 5.10 Å². The molecule has 4 rings (SSSR count). The Hall–Kier alpha value is -3.48. The van der Waals surface area contributed by atoms with Crippen LogP contribution in [0.5, 0.6) is 0 Å². The lowest BCUT2D eigenvalue weighted by Gasteiger charge is -2.24. The molecular formula is C20H20N6O. The third-order valence-electron chi connectivity index (χ3n) is 4.79. The summed E-state index contributed by atoms with van der Waals surface area (Å²) in [5.41, 5.74) is 4.29. The molecule has 7 heteroatoms. The van der Waals surface area contributed by atoms with Crippen LogP contribution in [0.3, 0.4) is 0 Å². The number of nitrogens with zero attached hydrogens (tertiary/aromatic N) is 6. The highest BCUT2D eigenvalue weighted by Gasteiger charge is 2.21. The first kappa shape index (κ1) is 17.0. The van der Waals surface area contributed by atoms with Crippen LogP contribution < -0.4 is 0 Å². The molecule has 7 nitrogen and oxygen atoms in total. The molecule has 0 aliphatic rings. The number of benzene rings is 1. The number of pyridine rings is 1. The molecule has 1 aromatic carbocycles. The Morgan fingerprint density at radius 1 is 1.19 bits per heavy atom. The highest BCUT2D eigenvalue weighted by molar-refractivity contribution is 5.93. The maximum Gasteiger partial charge on any atom is 0.274 e. The van der Waals surface area contributed by atoms with Crippen LogP contribution in [0.25, 0.3) is 11.3 Å². The highest BCUT2D eigenvalue weighted by Crippen LogP contribution is 2.22. The second-order valence-electron chi connectivity index (χ2n) is 6.62. The van der Waals surface area contributed by atoms with E-state index < -0.39 is 0 Å². The molecule has 0 saturated heterocycles. The monoisotopic (exact) mass is 360 g/mol. The van der Waals surface area contributed by atoms with Crippen molar-refractivity contribution in [3.05, 3.63) is 78.3 Å². The van der Waals surface area contributed by atoms with Crippen molar-refractivity contribution in [3.8, 4) is 5.69 Å². The Labute approximate surface area is 156 Å². The molecule has 0 spiro atoms. The summed E-state index contributed by atoms with van der Waals surface area (Å²) in [6.45, 7) is 4.01. The van der Waals surface area contributed by atoms with Gasteiger partial charge in [0, 0.05) is 19.4 Å². The predicted molar refractivity (Wildman–Crippen MR) is 102 cm³/mol. The maximum absolute atomic E-state index is 12.9. The fraction of sp³-hybridized carbons (Fsp3) is 0.200. The first-order valence-electron chi connectivity index (χ1n) is 8.70. The van der Waals surface area contributed by atoms with Crippen LogP contribution >= 0.6 is 0 Å². The first-order valence-corrected chi connectivity index (χ1v) is 8.70. The van der Waals surface area contributed by atoms with E-state index >= 15 is 0 Å². The third-order valence-corrected chi connectivity index (χ3v) is 4.79. The number of carbonyl (C=O) groups is 1. The van der Waals surface area contributed by atoms with Gasteiger partial charge in [0.2, 0.25) is 0 Å². The number of aryl methyl sites for hydroxylation is 1. The van der Waals surface area contributed by atoms with E-state index in [1.165, 1.54) is 6.33 Å². The standard InChI is InChI=1S/C20H20N6O/c1-14-8-9-25-11-18(23-19(25)10-14)20(27)24(3)15(2)16-4-6-17(7-5-16)26-13-21-12-22-26/h4-13,15H,1-3H3/t15-/m1/s1. The molecule has 0 N–H and O–H groups in total. The molecule has 0 aliphatic carbocycles. The molecule has 3 heterocycles. The summed E-state index contributed by atoms with van der Waals surface area (Å²) in [6.07, 6.45) is 6.84. The number of carbonyl (C=O) groups excluding carboxylic acids is 1. The van der Waals surface area contributed by atoms with Crippen LogP contribution in [-0.4, -0.2) is 42.0 Å². The van der Waals surface area contributed by atoms with Gasteiger partial charge in [0.25, 0.3) is 5.91 Å². The van der Waals surface area contributed by atoms with E-state index in [0.29, 0.717) is 5.69 Å². The van der Waals surface area contributed by atoms with E-state index in [9.17, 15) is 4.79 Å². The molecule has 0 radical (unpaired) electrons. The minimum Gasteiger partial charge on any atom is -0.334 e. The first-order chi connectivity index (χ1) is 13.0. The topological polar surface area (TPSA) is 68.3 Å². The van der Waals surface area contributed by atoms with Gasteiger partial charge >= 0.3 is 0 Å².